The molecule has 2 heterocycles. The summed E-state index contributed by atoms with van der Waals surface area (Å²) < 4.78 is 5.17. The SMILES string of the molecule is Cc1ncsc1CCOC(=O)c1ccncc1.Cl.Cl. The number of aryl methyl sites for hydroxylation is 1. The molecule has 4 nitrogen and oxygen atoms in total. The van der Waals surface area contributed by atoms with Crippen molar-refractivity contribution < 1.29 is 9.53 Å². The molecular weight excluding hydrogens is 307 g/mol. The Morgan fingerprint density at radius 3 is 2.58 bits per heavy atom. The van der Waals surface area contributed by atoms with Gasteiger partial charge in [0.05, 0.1) is 23.4 Å². The van der Waals surface area contributed by atoms with Gasteiger partial charge < -0.3 is 4.74 Å². The summed E-state index contributed by atoms with van der Waals surface area (Å²) in [6.07, 6.45) is 3.86. The normalized spacial score (nSPS) is 9.11. The molecule has 104 valence electrons. The molecule has 0 saturated heterocycles. The quantitative estimate of drug-likeness (QED) is 0.812. The Labute approximate surface area is 128 Å². The van der Waals surface area contributed by atoms with Crippen LogP contribution >= 0.6 is 36.2 Å². The van der Waals surface area contributed by atoms with Crippen molar-refractivity contribution >= 4 is 42.1 Å². The Kier molecular flexibility index (Phi) is 8.30. The highest BCUT2D eigenvalue weighted by Gasteiger charge is 2.07. The number of esters is 1. The van der Waals surface area contributed by atoms with Crippen molar-refractivity contribution in [2.45, 2.75) is 13.3 Å². The number of carbonyl (C=O) groups excluding carboxylic acids is 1. The smallest absolute Gasteiger partial charge is 0.338 e. The van der Waals surface area contributed by atoms with Crippen molar-refractivity contribution in [3.8, 4) is 0 Å². The molecular formula is C12H14Cl2N2O2S. The number of thiazole rings is 1. The topological polar surface area (TPSA) is 52.1 Å². The number of rotatable bonds is 4. The highest BCUT2D eigenvalue weighted by Crippen LogP contribution is 2.12. The third-order valence-corrected chi connectivity index (χ3v) is 3.32. The first-order valence-electron chi connectivity index (χ1n) is 5.23. The van der Waals surface area contributed by atoms with Gasteiger partial charge in [-0.2, -0.15) is 0 Å². The molecule has 19 heavy (non-hydrogen) atoms. The van der Waals surface area contributed by atoms with Crippen LogP contribution in [0.1, 0.15) is 20.9 Å². The Morgan fingerprint density at radius 2 is 2.00 bits per heavy atom. The lowest BCUT2D eigenvalue weighted by Gasteiger charge is -2.03. The lowest BCUT2D eigenvalue weighted by molar-refractivity contribution is 0.0509. The predicted octanol–water partition coefficient (Wildman–Crippen LogP) is 3.09. The van der Waals surface area contributed by atoms with Crippen molar-refractivity contribution in [3.05, 3.63) is 46.2 Å². The van der Waals surface area contributed by atoms with Crippen LogP contribution in [0, 0.1) is 6.92 Å². The molecule has 0 fully saturated rings. The minimum absolute atomic E-state index is 0. The van der Waals surface area contributed by atoms with E-state index in [1.807, 2.05) is 6.92 Å². The lowest BCUT2D eigenvalue weighted by Crippen LogP contribution is -2.08. The Bertz CT molecular complexity index is 505. The summed E-state index contributed by atoms with van der Waals surface area (Å²) in [4.78, 5) is 20.7. The van der Waals surface area contributed by atoms with Crippen LogP contribution in [-0.2, 0) is 11.2 Å². The Morgan fingerprint density at radius 1 is 1.32 bits per heavy atom. The van der Waals surface area contributed by atoms with Crippen molar-refractivity contribution in [2.24, 2.45) is 0 Å². The van der Waals surface area contributed by atoms with Crippen molar-refractivity contribution in [1.82, 2.24) is 9.97 Å². The van der Waals surface area contributed by atoms with Gasteiger partial charge in [-0.25, -0.2) is 9.78 Å². The second-order valence-electron chi connectivity index (χ2n) is 3.48. The van der Waals surface area contributed by atoms with Crippen LogP contribution in [0.2, 0.25) is 0 Å². The van der Waals surface area contributed by atoms with E-state index in [4.69, 9.17) is 4.74 Å². The number of hydrogen-bond acceptors (Lipinski definition) is 5. The van der Waals surface area contributed by atoms with Gasteiger partial charge in [0, 0.05) is 23.7 Å². The highest BCUT2D eigenvalue weighted by atomic mass is 35.5. The highest BCUT2D eigenvalue weighted by molar-refractivity contribution is 7.09. The average molecular weight is 321 g/mol. The largest absolute Gasteiger partial charge is 0.462 e. The van der Waals surface area contributed by atoms with Crippen LogP contribution in [0.15, 0.2) is 30.0 Å². The van der Waals surface area contributed by atoms with E-state index in [0.29, 0.717) is 18.6 Å². The summed E-state index contributed by atoms with van der Waals surface area (Å²) in [5, 5.41) is 0. The molecule has 2 aromatic heterocycles. The number of pyridine rings is 1. The first kappa shape index (κ1) is 17.8. The Balaban J connectivity index is 0.00000162. The molecule has 7 heteroatoms. The van der Waals surface area contributed by atoms with E-state index in [0.717, 1.165) is 10.6 Å². The third-order valence-electron chi connectivity index (χ3n) is 2.32. The molecule has 0 spiro atoms. The monoisotopic (exact) mass is 320 g/mol. The molecule has 0 amide bonds. The van der Waals surface area contributed by atoms with Crippen molar-refractivity contribution in [1.29, 1.82) is 0 Å². The van der Waals surface area contributed by atoms with Gasteiger partial charge in [0.25, 0.3) is 0 Å². The van der Waals surface area contributed by atoms with E-state index in [-0.39, 0.29) is 30.8 Å². The van der Waals surface area contributed by atoms with E-state index in [2.05, 4.69) is 9.97 Å². The van der Waals surface area contributed by atoms with E-state index in [1.165, 1.54) is 0 Å². The first-order valence-corrected chi connectivity index (χ1v) is 6.11. The molecule has 0 unspecified atom stereocenters. The third kappa shape index (κ3) is 5.14. The first-order chi connectivity index (χ1) is 8.27. The molecule has 2 aromatic rings. The van der Waals surface area contributed by atoms with Gasteiger partial charge in [-0.1, -0.05) is 0 Å². The van der Waals surface area contributed by atoms with E-state index in [1.54, 1.807) is 41.4 Å². The van der Waals surface area contributed by atoms with Gasteiger partial charge >= 0.3 is 5.97 Å². The zero-order valence-corrected chi connectivity index (χ0v) is 12.7. The Hall–Kier alpha value is -1.17. The maximum atomic E-state index is 11.6. The predicted molar refractivity (Wildman–Crippen MR) is 79.6 cm³/mol. The van der Waals surface area contributed by atoms with Gasteiger partial charge in [-0.15, -0.1) is 36.2 Å². The van der Waals surface area contributed by atoms with Gasteiger partial charge in [-0.3, -0.25) is 4.98 Å². The fraction of sp³-hybridized carbons (Fsp3) is 0.250. The number of carbonyl (C=O) groups is 1. The second-order valence-corrected chi connectivity index (χ2v) is 4.42. The minimum atomic E-state index is -0.311. The molecule has 0 aliphatic rings. The molecule has 0 saturated carbocycles. The summed E-state index contributed by atoms with van der Waals surface area (Å²) in [5.74, 6) is -0.311. The van der Waals surface area contributed by atoms with Crippen molar-refractivity contribution in [3.63, 3.8) is 0 Å². The van der Waals surface area contributed by atoms with Crippen LogP contribution in [-0.4, -0.2) is 22.5 Å². The number of aromatic nitrogens is 2. The van der Waals surface area contributed by atoms with Gasteiger partial charge in [0.2, 0.25) is 0 Å². The van der Waals surface area contributed by atoms with Crippen LogP contribution in [0.5, 0.6) is 0 Å². The molecule has 0 aliphatic carbocycles. The summed E-state index contributed by atoms with van der Waals surface area (Å²) in [6.45, 7) is 2.33. The number of ether oxygens (including phenoxy) is 1. The molecule has 0 N–H and O–H groups in total. The fourth-order valence-electron chi connectivity index (χ4n) is 1.37. The molecule has 0 radical (unpaired) electrons. The van der Waals surface area contributed by atoms with Crippen LogP contribution < -0.4 is 0 Å². The van der Waals surface area contributed by atoms with E-state index < -0.39 is 0 Å². The molecule has 0 atom stereocenters. The summed E-state index contributed by atoms with van der Waals surface area (Å²) in [6, 6.07) is 3.28. The zero-order valence-electron chi connectivity index (χ0n) is 10.2. The van der Waals surface area contributed by atoms with Gasteiger partial charge in [-0.05, 0) is 19.1 Å². The lowest BCUT2D eigenvalue weighted by atomic mass is 10.3. The second kappa shape index (κ2) is 8.85. The van der Waals surface area contributed by atoms with Gasteiger partial charge in [0.1, 0.15) is 0 Å². The maximum absolute atomic E-state index is 11.6. The number of halogens is 2. The molecule has 2 rings (SSSR count). The van der Waals surface area contributed by atoms with Crippen LogP contribution in [0.4, 0.5) is 0 Å². The molecule has 0 aromatic carbocycles. The summed E-state index contributed by atoms with van der Waals surface area (Å²) in [5.41, 5.74) is 3.34. The maximum Gasteiger partial charge on any atom is 0.338 e. The van der Waals surface area contributed by atoms with E-state index >= 15 is 0 Å². The van der Waals surface area contributed by atoms with Gasteiger partial charge in [0.15, 0.2) is 0 Å². The summed E-state index contributed by atoms with van der Waals surface area (Å²) in [7, 11) is 0. The average Bonchev–Trinajstić information content (AvgIpc) is 2.76. The zero-order chi connectivity index (χ0) is 12.1. The standard InChI is InChI=1S/C12H12N2O2S.2ClH/c1-9-11(17-8-14-9)4-7-16-12(15)10-2-5-13-6-3-10;;/h2-3,5-6,8H,4,7H2,1H3;2*1H. The summed E-state index contributed by atoms with van der Waals surface area (Å²) >= 11 is 1.58. The minimum Gasteiger partial charge on any atom is -0.462 e. The van der Waals surface area contributed by atoms with Crippen molar-refractivity contribution in [2.75, 3.05) is 6.61 Å². The van der Waals surface area contributed by atoms with Crippen LogP contribution in [0.25, 0.3) is 0 Å². The number of hydrogen-bond donors (Lipinski definition) is 0. The fourth-order valence-corrected chi connectivity index (χ4v) is 2.14. The van der Waals surface area contributed by atoms with E-state index in [9.17, 15) is 4.79 Å². The number of nitrogens with zero attached hydrogens (tertiary/aromatic N) is 2. The molecule has 0 bridgehead atoms. The molecule has 0 aliphatic heterocycles. The van der Waals surface area contributed by atoms with Crippen LogP contribution in [0.3, 0.4) is 0 Å².